The minimum atomic E-state index is -3.41. The molecule has 1 rings (SSSR count). The summed E-state index contributed by atoms with van der Waals surface area (Å²) in [6.07, 6.45) is 0. The molecule has 4 nitrogen and oxygen atoms in total. The zero-order valence-electron chi connectivity index (χ0n) is 10.8. The highest BCUT2D eigenvalue weighted by atomic mass is 79.9. The van der Waals surface area contributed by atoms with Crippen LogP contribution >= 0.6 is 15.9 Å². The molecule has 0 heterocycles. The van der Waals surface area contributed by atoms with Crippen LogP contribution in [0.3, 0.4) is 0 Å². The zero-order valence-corrected chi connectivity index (χ0v) is 13.2. The maximum Gasteiger partial charge on any atom is 0.241 e. The molecule has 0 spiro atoms. The maximum atomic E-state index is 11.9. The molecule has 0 saturated heterocycles. The van der Waals surface area contributed by atoms with Crippen molar-refractivity contribution < 1.29 is 8.42 Å². The first-order valence-corrected chi connectivity index (χ1v) is 8.16. The Balaban J connectivity index is 2.93. The molecule has 1 aromatic carbocycles. The summed E-state index contributed by atoms with van der Waals surface area (Å²) >= 11 is 3.31. The van der Waals surface area contributed by atoms with Crippen molar-refractivity contribution in [2.45, 2.75) is 38.3 Å². The Morgan fingerprint density at radius 1 is 1.33 bits per heavy atom. The first kappa shape index (κ1) is 15.6. The van der Waals surface area contributed by atoms with Crippen LogP contribution in [0.1, 0.15) is 26.3 Å². The van der Waals surface area contributed by atoms with E-state index < -0.39 is 10.0 Å². The van der Waals surface area contributed by atoms with Gasteiger partial charge in [0.15, 0.2) is 0 Å². The van der Waals surface area contributed by atoms with Crippen molar-refractivity contribution in [3.63, 3.8) is 0 Å². The van der Waals surface area contributed by atoms with Crippen molar-refractivity contribution in [1.29, 1.82) is 0 Å². The number of benzene rings is 1. The Hall–Kier alpha value is -0.430. The summed E-state index contributed by atoms with van der Waals surface area (Å²) in [5.41, 5.74) is 1.05. The normalized spacial score (nSPS) is 12.1. The van der Waals surface area contributed by atoms with Crippen LogP contribution in [-0.4, -0.2) is 21.0 Å². The fourth-order valence-electron chi connectivity index (χ4n) is 1.46. The van der Waals surface area contributed by atoms with Gasteiger partial charge in [0.2, 0.25) is 10.0 Å². The smallest absolute Gasteiger partial charge is 0.241 e. The summed E-state index contributed by atoms with van der Waals surface area (Å²) in [6, 6.07) is 5.68. The summed E-state index contributed by atoms with van der Waals surface area (Å²) in [6.45, 7) is 6.99. The minimum absolute atomic E-state index is 0.276. The van der Waals surface area contributed by atoms with Gasteiger partial charge in [0.05, 0.1) is 4.90 Å². The van der Waals surface area contributed by atoms with Gasteiger partial charge >= 0.3 is 0 Å². The molecule has 0 aliphatic rings. The largest absolute Gasteiger partial charge is 0.310 e. The monoisotopic (exact) mass is 334 g/mol. The molecule has 0 aromatic heterocycles. The second-order valence-electron chi connectivity index (χ2n) is 4.30. The summed E-state index contributed by atoms with van der Waals surface area (Å²) in [4.78, 5) is 0.276. The van der Waals surface area contributed by atoms with Gasteiger partial charge in [-0.1, -0.05) is 26.8 Å². The van der Waals surface area contributed by atoms with Gasteiger partial charge in [-0.15, -0.1) is 0 Å². The van der Waals surface area contributed by atoms with Gasteiger partial charge in [0, 0.05) is 23.6 Å². The van der Waals surface area contributed by atoms with Crippen LogP contribution in [0.5, 0.6) is 0 Å². The SMILES string of the molecule is CCNS(=O)(=O)c1ccc(CNC(C)C)cc1Br. The summed E-state index contributed by atoms with van der Waals surface area (Å²) in [5.74, 6) is 0. The van der Waals surface area contributed by atoms with E-state index in [1.54, 1.807) is 13.0 Å². The first-order valence-electron chi connectivity index (χ1n) is 5.88. The van der Waals surface area contributed by atoms with Crippen molar-refractivity contribution in [1.82, 2.24) is 10.0 Å². The molecule has 2 N–H and O–H groups in total. The molecule has 0 fully saturated rings. The quantitative estimate of drug-likeness (QED) is 0.838. The standard InChI is InChI=1S/C12H19BrN2O2S/c1-4-15-18(16,17)12-6-5-10(7-11(12)13)8-14-9(2)3/h5-7,9,14-15H,4,8H2,1-3H3. The Bertz CT molecular complexity index is 501. The number of sulfonamides is 1. The molecule has 6 heteroatoms. The molecule has 0 atom stereocenters. The van der Waals surface area contributed by atoms with Crippen molar-refractivity contribution in [2.24, 2.45) is 0 Å². The van der Waals surface area contributed by atoms with E-state index in [1.807, 2.05) is 12.1 Å². The minimum Gasteiger partial charge on any atom is -0.310 e. The molecule has 0 aliphatic heterocycles. The van der Waals surface area contributed by atoms with Gasteiger partial charge in [-0.3, -0.25) is 0 Å². The van der Waals surface area contributed by atoms with Crippen LogP contribution in [0.25, 0.3) is 0 Å². The number of nitrogens with one attached hydrogen (secondary N) is 2. The number of rotatable bonds is 6. The zero-order chi connectivity index (χ0) is 13.8. The Morgan fingerprint density at radius 2 is 2.00 bits per heavy atom. The van der Waals surface area contributed by atoms with Gasteiger partial charge in [-0.25, -0.2) is 13.1 Å². The van der Waals surface area contributed by atoms with Crippen molar-refractivity contribution in [3.8, 4) is 0 Å². The van der Waals surface area contributed by atoms with Crippen LogP contribution in [0.4, 0.5) is 0 Å². The fourth-order valence-corrected chi connectivity index (χ4v) is 3.63. The highest BCUT2D eigenvalue weighted by molar-refractivity contribution is 9.10. The highest BCUT2D eigenvalue weighted by Gasteiger charge is 2.16. The van der Waals surface area contributed by atoms with Crippen LogP contribution in [-0.2, 0) is 16.6 Å². The Kier molecular flexibility index (Phi) is 5.78. The van der Waals surface area contributed by atoms with Crippen molar-refractivity contribution in [3.05, 3.63) is 28.2 Å². The average molecular weight is 335 g/mol. The topological polar surface area (TPSA) is 58.2 Å². The van der Waals surface area contributed by atoms with E-state index in [2.05, 4.69) is 39.8 Å². The Labute approximate surface area is 117 Å². The van der Waals surface area contributed by atoms with Gasteiger partial charge in [-0.05, 0) is 33.6 Å². The summed E-state index contributed by atoms with van der Waals surface area (Å²) in [7, 11) is -3.41. The van der Waals surface area contributed by atoms with Gasteiger partial charge in [0.25, 0.3) is 0 Å². The van der Waals surface area contributed by atoms with Crippen LogP contribution in [0, 0.1) is 0 Å². The Morgan fingerprint density at radius 3 is 2.50 bits per heavy atom. The predicted octanol–water partition coefficient (Wildman–Crippen LogP) is 2.25. The van der Waals surface area contributed by atoms with E-state index in [-0.39, 0.29) is 4.90 Å². The molecule has 1 aromatic rings. The lowest BCUT2D eigenvalue weighted by Gasteiger charge is -2.11. The van der Waals surface area contributed by atoms with E-state index in [0.29, 0.717) is 17.1 Å². The number of hydrogen-bond donors (Lipinski definition) is 2. The summed E-state index contributed by atoms with van der Waals surface area (Å²) < 4.78 is 26.8. The third-order valence-electron chi connectivity index (χ3n) is 2.33. The maximum absolute atomic E-state index is 11.9. The van der Waals surface area contributed by atoms with Gasteiger partial charge in [0.1, 0.15) is 0 Å². The van der Waals surface area contributed by atoms with E-state index in [1.165, 1.54) is 0 Å². The van der Waals surface area contributed by atoms with Gasteiger partial charge in [-0.2, -0.15) is 0 Å². The van der Waals surface area contributed by atoms with E-state index in [4.69, 9.17) is 0 Å². The molecule has 102 valence electrons. The highest BCUT2D eigenvalue weighted by Crippen LogP contribution is 2.23. The second-order valence-corrected chi connectivity index (χ2v) is 6.89. The molecule has 0 bridgehead atoms. The molecular weight excluding hydrogens is 316 g/mol. The van der Waals surface area contributed by atoms with E-state index >= 15 is 0 Å². The predicted molar refractivity (Wildman–Crippen MR) is 77.0 cm³/mol. The molecular formula is C12H19BrN2O2S. The molecule has 0 radical (unpaired) electrons. The lowest BCUT2D eigenvalue weighted by atomic mass is 10.2. The van der Waals surface area contributed by atoms with E-state index in [9.17, 15) is 8.42 Å². The molecule has 0 saturated carbocycles. The van der Waals surface area contributed by atoms with Gasteiger partial charge < -0.3 is 5.32 Å². The molecule has 18 heavy (non-hydrogen) atoms. The van der Waals surface area contributed by atoms with E-state index in [0.717, 1.165) is 12.1 Å². The van der Waals surface area contributed by atoms with Crippen molar-refractivity contribution in [2.75, 3.05) is 6.54 Å². The number of hydrogen-bond acceptors (Lipinski definition) is 3. The first-order chi connectivity index (χ1) is 8.36. The second kappa shape index (κ2) is 6.65. The van der Waals surface area contributed by atoms with Crippen LogP contribution in [0.15, 0.2) is 27.6 Å². The lowest BCUT2D eigenvalue weighted by molar-refractivity contribution is 0.581. The molecule has 0 aliphatic carbocycles. The third-order valence-corrected chi connectivity index (χ3v) is 4.86. The fraction of sp³-hybridized carbons (Fsp3) is 0.500. The number of halogens is 1. The average Bonchev–Trinajstić information content (AvgIpc) is 2.25. The summed E-state index contributed by atoms with van der Waals surface area (Å²) in [5, 5.41) is 3.29. The van der Waals surface area contributed by atoms with Crippen LogP contribution in [0.2, 0.25) is 0 Å². The third kappa shape index (κ3) is 4.35. The lowest BCUT2D eigenvalue weighted by Crippen LogP contribution is -2.24. The molecule has 0 amide bonds. The van der Waals surface area contributed by atoms with Crippen LogP contribution < -0.4 is 10.0 Å². The van der Waals surface area contributed by atoms with Crippen molar-refractivity contribution >= 4 is 26.0 Å². The molecule has 0 unspecified atom stereocenters.